The number of amides is 1. The minimum Gasteiger partial charge on any atom is -0.295 e. The smallest absolute Gasteiger partial charge is 0.276 e. The number of carbonyl (C=O) groups excluding carboxylic acids is 1. The van der Waals surface area contributed by atoms with Crippen LogP contribution < -0.4 is 5.32 Å². The van der Waals surface area contributed by atoms with E-state index >= 15 is 0 Å². The van der Waals surface area contributed by atoms with Gasteiger partial charge in [-0.05, 0) is 68.4 Å². The zero-order valence-corrected chi connectivity index (χ0v) is 16.4. The molecule has 28 heavy (non-hydrogen) atoms. The summed E-state index contributed by atoms with van der Waals surface area (Å²) in [4.78, 5) is 17.2. The number of aromatic nitrogens is 3. The molecule has 0 unspecified atom stereocenters. The highest BCUT2D eigenvalue weighted by atomic mass is 32.1. The number of nitrogens with one attached hydrogen (secondary N) is 1. The monoisotopic (exact) mass is 390 g/mol. The van der Waals surface area contributed by atoms with Crippen molar-refractivity contribution >= 4 is 33.3 Å². The average molecular weight is 391 g/mol. The maximum absolute atomic E-state index is 12.7. The Hall–Kier alpha value is -2.34. The van der Waals surface area contributed by atoms with Crippen molar-refractivity contribution in [2.24, 2.45) is 17.8 Å². The van der Waals surface area contributed by atoms with Crippen LogP contribution in [0.1, 0.15) is 54.0 Å². The second-order valence-corrected chi connectivity index (χ2v) is 9.93. The molecule has 5 nitrogen and oxygen atoms in total. The third-order valence-electron chi connectivity index (χ3n) is 6.97. The highest BCUT2D eigenvalue weighted by Crippen LogP contribution is 2.61. The number of pyridine rings is 1. The molecule has 6 heteroatoms. The molecule has 2 heterocycles. The van der Waals surface area contributed by atoms with Gasteiger partial charge in [-0.1, -0.05) is 35.6 Å². The summed E-state index contributed by atoms with van der Waals surface area (Å²) in [7, 11) is 0. The normalized spacial score (nSPS) is 30.6. The van der Waals surface area contributed by atoms with Crippen molar-refractivity contribution < 1.29 is 4.79 Å². The molecule has 4 aliphatic carbocycles. The molecule has 1 amide bonds. The van der Waals surface area contributed by atoms with Crippen LogP contribution in [0.3, 0.4) is 0 Å². The Morgan fingerprint density at radius 1 is 0.964 bits per heavy atom. The fourth-order valence-corrected chi connectivity index (χ4v) is 7.17. The van der Waals surface area contributed by atoms with Gasteiger partial charge in [0.1, 0.15) is 10.7 Å². The van der Waals surface area contributed by atoms with Crippen molar-refractivity contribution in [3.05, 3.63) is 47.1 Å². The first-order valence-corrected chi connectivity index (χ1v) is 11.0. The zero-order chi connectivity index (χ0) is 18.7. The van der Waals surface area contributed by atoms with Gasteiger partial charge in [0, 0.05) is 10.8 Å². The van der Waals surface area contributed by atoms with Crippen LogP contribution in [0.15, 0.2) is 36.4 Å². The van der Waals surface area contributed by atoms with Gasteiger partial charge in [0.15, 0.2) is 0 Å². The van der Waals surface area contributed by atoms with Crippen LogP contribution in [-0.2, 0) is 5.41 Å². The van der Waals surface area contributed by atoms with Gasteiger partial charge in [0.25, 0.3) is 5.91 Å². The molecule has 0 radical (unpaired) electrons. The summed E-state index contributed by atoms with van der Waals surface area (Å²) in [5.41, 5.74) is 1.45. The Bertz CT molecular complexity index is 1040. The number of anilines is 1. The van der Waals surface area contributed by atoms with E-state index in [1.54, 1.807) is 17.4 Å². The van der Waals surface area contributed by atoms with E-state index in [0.717, 1.165) is 33.7 Å². The van der Waals surface area contributed by atoms with E-state index in [4.69, 9.17) is 0 Å². The molecular weight excluding hydrogens is 368 g/mol. The molecule has 4 bridgehead atoms. The van der Waals surface area contributed by atoms with E-state index in [2.05, 4.69) is 20.5 Å². The first-order valence-electron chi connectivity index (χ1n) is 10.2. The minimum absolute atomic E-state index is 0.219. The number of rotatable bonds is 3. The van der Waals surface area contributed by atoms with Crippen molar-refractivity contribution in [3.8, 4) is 0 Å². The molecule has 0 aliphatic heterocycles. The Kier molecular flexibility index (Phi) is 3.60. The number of carbonyl (C=O) groups is 1. The largest absolute Gasteiger partial charge is 0.295 e. The van der Waals surface area contributed by atoms with Crippen LogP contribution in [0.4, 0.5) is 5.13 Å². The lowest BCUT2D eigenvalue weighted by Gasteiger charge is -2.55. The van der Waals surface area contributed by atoms with Crippen LogP contribution in [0.2, 0.25) is 0 Å². The predicted octanol–water partition coefficient (Wildman–Crippen LogP) is 4.81. The molecule has 1 aromatic carbocycles. The van der Waals surface area contributed by atoms with E-state index < -0.39 is 0 Å². The Balaban J connectivity index is 1.24. The van der Waals surface area contributed by atoms with Crippen LogP contribution in [-0.4, -0.2) is 21.1 Å². The van der Waals surface area contributed by atoms with Gasteiger partial charge in [-0.2, -0.15) is 0 Å². The quantitative estimate of drug-likeness (QED) is 0.697. The summed E-state index contributed by atoms with van der Waals surface area (Å²) in [6.07, 6.45) is 8.01. The topological polar surface area (TPSA) is 67.8 Å². The fourth-order valence-electron chi connectivity index (χ4n) is 6.21. The van der Waals surface area contributed by atoms with Crippen molar-refractivity contribution in [2.45, 2.75) is 43.9 Å². The first-order chi connectivity index (χ1) is 13.7. The molecule has 4 saturated carbocycles. The van der Waals surface area contributed by atoms with Crippen LogP contribution in [0, 0.1) is 17.8 Å². The summed E-state index contributed by atoms with van der Waals surface area (Å²) in [5.74, 6) is 2.39. The molecule has 4 aliphatic rings. The molecule has 1 N–H and O–H groups in total. The van der Waals surface area contributed by atoms with Crippen molar-refractivity contribution in [2.75, 3.05) is 5.32 Å². The molecule has 142 valence electrons. The second kappa shape index (κ2) is 6.08. The SMILES string of the molecule is O=C(Nc1nnc(C23CC4CC(CC(C4)C2)C3)s1)c1ccc2ccccc2n1. The molecule has 4 fully saturated rings. The molecular formula is C22H22N4OS. The molecule has 0 atom stereocenters. The molecule has 0 saturated heterocycles. The van der Waals surface area contributed by atoms with Gasteiger partial charge in [0.2, 0.25) is 5.13 Å². The van der Waals surface area contributed by atoms with E-state index in [1.807, 2.05) is 30.3 Å². The van der Waals surface area contributed by atoms with E-state index in [0.29, 0.717) is 10.8 Å². The first kappa shape index (κ1) is 16.6. The van der Waals surface area contributed by atoms with E-state index in [1.165, 1.54) is 38.5 Å². The summed E-state index contributed by atoms with van der Waals surface area (Å²) >= 11 is 1.57. The number of nitrogens with zero attached hydrogens (tertiary/aromatic N) is 3. The van der Waals surface area contributed by atoms with E-state index in [-0.39, 0.29) is 11.3 Å². The summed E-state index contributed by atoms with van der Waals surface area (Å²) in [5, 5.41) is 14.5. The fraction of sp³-hybridized carbons (Fsp3) is 0.455. The third kappa shape index (κ3) is 2.65. The number of hydrogen-bond acceptors (Lipinski definition) is 5. The molecule has 2 aromatic heterocycles. The maximum atomic E-state index is 12.7. The number of benzene rings is 1. The summed E-state index contributed by atoms with van der Waals surface area (Å²) in [6.45, 7) is 0. The van der Waals surface area contributed by atoms with Gasteiger partial charge in [-0.3, -0.25) is 10.1 Å². The lowest BCUT2D eigenvalue weighted by atomic mass is 9.50. The van der Waals surface area contributed by atoms with Crippen LogP contribution >= 0.6 is 11.3 Å². The molecule has 0 spiro atoms. The maximum Gasteiger partial charge on any atom is 0.276 e. The predicted molar refractivity (Wildman–Crippen MR) is 109 cm³/mol. The van der Waals surface area contributed by atoms with Crippen LogP contribution in [0.5, 0.6) is 0 Å². The lowest BCUT2D eigenvalue weighted by Crippen LogP contribution is -2.48. The lowest BCUT2D eigenvalue weighted by molar-refractivity contribution is -0.00555. The standard InChI is InChI=1S/C22H22N4OS/c27-19(18-6-5-16-3-1-2-4-17(16)23-18)24-21-26-25-20(28-21)22-10-13-7-14(11-22)9-15(8-13)12-22/h1-6,13-15H,7-12H2,(H,24,26,27). The number of hydrogen-bond donors (Lipinski definition) is 1. The van der Waals surface area contributed by atoms with Crippen LogP contribution in [0.25, 0.3) is 10.9 Å². The van der Waals surface area contributed by atoms with E-state index in [9.17, 15) is 4.79 Å². The number of para-hydroxylation sites is 1. The third-order valence-corrected chi connectivity index (χ3v) is 8.05. The zero-order valence-electron chi connectivity index (χ0n) is 15.6. The van der Waals surface area contributed by atoms with Gasteiger partial charge < -0.3 is 0 Å². The van der Waals surface area contributed by atoms with Gasteiger partial charge in [-0.15, -0.1) is 10.2 Å². The van der Waals surface area contributed by atoms with Gasteiger partial charge in [-0.25, -0.2) is 4.98 Å². The van der Waals surface area contributed by atoms with Gasteiger partial charge in [0.05, 0.1) is 5.52 Å². The summed E-state index contributed by atoms with van der Waals surface area (Å²) in [6, 6.07) is 11.5. The van der Waals surface area contributed by atoms with Crippen molar-refractivity contribution in [1.82, 2.24) is 15.2 Å². The Morgan fingerprint density at radius 3 is 2.43 bits per heavy atom. The van der Waals surface area contributed by atoms with Gasteiger partial charge >= 0.3 is 0 Å². The Morgan fingerprint density at radius 2 is 1.68 bits per heavy atom. The van der Waals surface area contributed by atoms with Crippen molar-refractivity contribution in [3.63, 3.8) is 0 Å². The number of fused-ring (bicyclic) bond motifs is 1. The Labute approximate surface area is 167 Å². The highest BCUT2D eigenvalue weighted by molar-refractivity contribution is 7.15. The minimum atomic E-state index is -0.223. The highest BCUT2D eigenvalue weighted by Gasteiger charge is 2.53. The average Bonchev–Trinajstić information content (AvgIpc) is 3.16. The molecule has 3 aromatic rings. The molecule has 7 rings (SSSR count). The van der Waals surface area contributed by atoms with Crippen molar-refractivity contribution in [1.29, 1.82) is 0 Å². The summed E-state index contributed by atoms with van der Waals surface area (Å²) < 4.78 is 0. The second-order valence-electron chi connectivity index (χ2n) is 8.95.